The summed E-state index contributed by atoms with van der Waals surface area (Å²) in [4.78, 5) is 11.5. The van der Waals surface area contributed by atoms with E-state index in [4.69, 9.17) is 0 Å². The maximum Gasteiger partial charge on any atom is 0.311 e. The van der Waals surface area contributed by atoms with Gasteiger partial charge in [-0.3, -0.25) is 4.79 Å². The van der Waals surface area contributed by atoms with E-state index in [-0.39, 0.29) is 6.54 Å². The number of nitrogens with zero attached hydrogens (tertiary/aromatic N) is 3. The zero-order valence-electron chi connectivity index (χ0n) is 11.7. The second-order valence-corrected chi connectivity index (χ2v) is 5.39. The summed E-state index contributed by atoms with van der Waals surface area (Å²) in [5.74, 6) is -0.402. The molecule has 106 valence electrons. The summed E-state index contributed by atoms with van der Waals surface area (Å²) in [7, 11) is 0. The van der Waals surface area contributed by atoms with E-state index < -0.39 is 11.4 Å². The second-order valence-electron chi connectivity index (χ2n) is 5.39. The van der Waals surface area contributed by atoms with Gasteiger partial charge in [0.2, 0.25) is 0 Å². The standard InChI is InChI=1S/C14H18N4O2/c1-9-10(2)17-18-12(11(9)7-15)16-8-14(13(19)20)5-3-4-6-14/h3-6,8H2,1-2H3,(H,16,18)(H,19,20). The highest BCUT2D eigenvalue weighted by Crippen LogP contribution is 2.38. The molecule has 1 aliphatic carbocycles. The minimum absolute atomic E-state index is 0.286. The van der Waals surface area contributed by atoms with Gasteiger partial charge < -0.3 is 10.4 Å². The van der Waals surface area contributed by atoms with Gasteiger partial charge in [-0.15, -0.1) is 5.10 Å². The third-order valence-electron chi connectivity index (χ3n) is 4.17. The Kier molecular flexibility index (Phi) is 3.89. The number of aryl methyl sites for hydroxylation is 1. The Morgan fingerprint density at radius 1 is 1.40 bits per heavy atom. The van der Waals surface area contributed by atoms with Crippen molar-refractivity contribution >= 4 is 11.8 Å². The number of hydrogen-bond donors (Lipinski definition) is 2. The quantitative estimate of drug-likeness (QED) is 0.871. The topological polar surface area (TPSA) is 98.9 Å². The summed E-state index contributed by atoms with van der Waals surface area (Å²) in [5.41, 5.74) is 1.19. The number of rotatable bonds is 4. The molecule has 0 unspecified atom stereocenters. The van der Waals surface area contributed by atoms with Crippen LogP contribution in [0.2, 0.25) is 0 Å². The molecule has 2 N–H and O–H groups in total. The van der Waals surface area contributed by atoms with Crippen LogP contribution in [0.25, 0.3) is 0 Å². The van der Waals surface area contributed by atoms with Gasteiger partial charge in [0.05, 0.1) is 11.1 Å². The molecule has 0 radical (unpaired) electrons. The average Bonchev–Trinajstić information content (AvgIpc) is 2.90. The number of aromatic nitrogens is 2. The van der Waals surface area contributed by atoms with E-state index in [1.54, 1.807) is 6.92 Å². The van der Waals surface area contributed by atoms with E-state index in [9.17, 15) is 15.2 Å². The third kappa shape index (κ3) is 2.44. The number of carboxylic acid groups (broad SMARTS) is 1. The Morgan fingerprint density at radius 3 is 2.60 bits per heavy atom. The van der Waals surface area contributed by atoms with Gasteiger partial charge in [0, 0.05) is 6.54 Å². The van der Waals surface area contributed by atoms with E-state index in [0.717, 1.165) is 18.4 Å². The van der Waals surface area contributed by atoms with Gasteiger partial charge in [0.15, 0.2) is 5.82 Å². The van der Waals surface area contributed by atoms with Crippen LogP contribution in [-0.4, -0.2) is 27.8 Å². The molecular formula is C14H18N4O2. The monoisotopic (exact) mass is 274 g/mol. The lowest BCUT2D eigenvalue weighted by atomic mass is 9.86. The zero-order valence-corrected chi connectivity index (χ0v) is 11.7. The molecule has 20 heavy (non-hydrogen) atoms. The number of hydrogen-bond acceptors (Lipinski definition) is 5. The summed E-state index contributed by atoms with van der Waals surface area (Å²) in [5, 5.41) is 29.6. The number of carboxylic acids is 1. The van der Waals surface area contributed by atoms with Crippen molar-refractivity contribution in [3.05, 3.63) is 16.8 Å². The van der Waals surface area contributed by atoms with Crippen LogP contribution >= 0.6 is 0 Å². The SMILES string of the molecule is Cc1nnc(NCC2(C(=O)O)CCCC2)c(C#N)c1C. The Labute approximate surface area is 117 Å². The molecular weight excluding hydrogens is 256 g/mol. The zero-order chi connectivity index (χ0) is 14.8. The first-order valence-electron chi connectivity index (χ1n) is 6.71. The van der Waals surface area contributed by atoms with Gasteiger partial charge in [0.25, 0.3) is 0 Å². The molecule has 0 atom stereocenters. The smallest absolute Gasteiger partial charge is 0.311 e. The van der Waals surface area contributed by atoms with Gasteiger partial charge in [0.1, 0.15) is 11.6 Å². The van der Waals surface area contributed by atoms with Crippen LogP contribution in [0.1, 0.15) is 42.5 Å². The Morgan fingerprint density at radius 2 is 2.05 bits per heavy atom. The molecule has 0 spiro atoms. The van der Waals surface area contributed by atoms with Gasteiger partial charge in [-0.25, -0.2) is 0 Å². The normalized spacial score (nSPS) is 16.6. The van der Waals surface area contributed by atoms with Crippen molar-refractivity contribution in [3.63, 3.8) is 0 Å². The van der Waals surface area contributed by atoms with Crippen LogP contribution in [0.4, 0.5) is 5.82 Å². The van der Waals surface area contributed by atoms with E-state index >= 15 is 0 Å². The highest BCUT2D eigenvalue weighted by molar-refractivity contribution is 5.76. The summed E-state index contributed by atoms with van der Waals surface area (Å²) in [6.07, 6.45) is 3.18. The highest BCUT2D eigenvalue weighted by Gasteiger charge is 2.41. The molecule has 1 aliphatic rings. The molecule has 6 nitrogen and oxygen atoms in total. The fourth-order valence-corrected chi connectivity index (χ4v) is 2.64. The van der Waals surface area contributed by atoms with Crippen molar-refractivity contribution in [1.29, 1.82) is 5.26 Å². The van der Waals surface area contributed by atoms with Crippen molar-refractivity contribution in [2.24, 2.45) is 5.41 Å². The summed E-state index contributed by atoms with van der Waals surface area (Å²) >= 11 is 0. The van der Waals surface area contributed by atoms with Crippen molar-refractivity contribution < 1.29 is 9.90 Å². The Balaban J connectivity index is 2.21. The van der Waals surface area contributed by atoms with Gasteiger partial charge in [-0.05, 0) is 32.3 Å². The molecule has 0 saturated heterocycles. The molecule has 6 heteroatoms. The molecule has 0 aromatic carbocycles. The summed E-state index contributed by atoms with van der Waals surface area (Å²) in [6.45, 7) is 3.90. The summed E-state index contributed by atoms with van der Waals surface area (Å²) < 4.78 is 0. The van der Waals surface area contributed by atoms with Gasteiger partial charge in [-0.1, -0.05) is 12.8 Å². The number of nitrogens with one attached hydrogen (secondary N) is 1. The summed E-state index contributed by atoms with van der Waals surface area (Å²) in [6, 6.07) is 2.11. The van der Waals surface area contributed by atoms with Crippen molar-refractivity contribution in [3.8, 4) is 6.07 Å². The maximum absolute atomic E-state index is 11.5. The number of anilines is 1. The molecule has 0 amide bonds. The molecule has 0 aliphatic heterocycles. The van der Waals surface area contributed by atoms with E-state index in [1.807, 2.05) is 6.92 Å². The fraction of sp³-hybridized carbons (Fsp3) is 0.571. The van der Waals surface area contributed by atoms with Gasteiger partial charge in [-0.2, -0.15) is 10.4 Å². The molecule has 1 heterocycles. The molecule has 1 aromatic heterocycles. The molecule has 1 fully saturated rings. The van der Waals surface area contributed by atoms with Crippen LogP contribution in [-0.2, 0) is 4.79 Å². The minimum Gasteiger partial charge on any atom is -0.481 e. The van der Waals surface area contributed by atoms with Crippen LogP contribution in [0.15, 0.2) is 0 Å². The first kappa shape index (κ1) is 14.3. The third-order valence-corrected chi connectivity index (χ3v) is 4.17. The van der Waals surface area contributed by atoms with Gasteiger partial charge >= 0.3 is 5.97 Å². The van der Waals surface area contributed by atoms with Crippen LogP contribution < -0.4 is 5.32 Å². The first-order valence-corrected chi connectivity index (χ1v) is 6.71. The molecule has 2 rings (SSSR count). The van der Waals surface area contributed by atoms with E-state index in [1.165, 1.54) is 0 Å². The van der Waals surface area contributed by atoms with Crippen LogP contribution in [0.3, 0.4) is 0 Å². The van der Waals surface area contributed by atoms with Crippen LogP contribution in [0.5, 0.6) is 0 Å². The molecule has 1 saturated carbocycles. The largest absolute Gasteiger partial charge is 0.481 e. The Hall–Kier alpha value is -2.16. The second kappa shape index (κ2) is 5.45. The number of aliphatic carboxylic acids is 1. The lowest BCUT2D eigenvalue weighted by molar-refractivity contribution is -0.147. The predicted octanol–water partition coefficient (Wildman–Crippen LogP) is 2.02. The van der Waals surface area contributed by atoms with E-state index in [2.05, 4.69) is 21.6 Å². The fourth-order valence-electron chi connectivity index (χ4n) is 2.64. The lowest BCUT2D eigenvalue weighted by Gasteiger charge is -2.24. The Bertz CT molecular complexity index is 571. The van der Waals surface area contributed by atoms with Crippen molar-refractivity contribution in [2.45, 2.75) is 39.5 Å². The maximum atomic E-state index is 11.5. The predicted molar refractivity (Wildman–Crippen MR) is 73.2 cm³/mol. The first-order chi connectivity index (χ1) is 9.50. The molecule has 1 aromatic rings. The lowest BCUT2D eigenvalue weighted by Crippen LogP contribution is -2.35. The minimum atomic E-state index is -0.780. The highest BCUT2D eigenvalue weighted by atomic mass is 16.4. The average molecular weight is 274 g/mol. The van der Waals surface area contributed by atoms with Crippen molar-refractivity contribution in [1.82, 2.24) is 10.2 Å². The number of nitriles is 1. The van der Waals surface area contributed by atoms with E-state index in [0.29, 0.717) is 29.9 Å². The molecule has 0 bridgehead atoms. The number of carbonyl (C=O) groups is 1. The van der Waals surface area contributed by atoms with Crippen molar-refractivity contribution in [2.75, 3.05) is 11.9 Å². The van der Waals surface area contributed by atoms with Crippen LogP contribution in [0, 0.1) is 30.6 Å².